The minimum Gasteiger partial charge on any atom is -0.393 e. The molecule has 1 rings (SSSR count). The molecule has 1 aromatic rings. The molecular weight excluding hydrogens is 293 g/mol. The van der Waals surface area contributed by atoms with Crippen LogP contribution in [0.2, 0.25) is 0 Å². The molecule has 2 atom stereocenters. The summed E-state index contributed by atoms with van der Waals surface area (Å²) in [4.78, 5) is -0.790. The summed E-state index contributed by atoms with van der Waals surface area (Å²) in [6, 6.07) is 4.48. The highest BCUT2D eigenvalue weighted by atomic mass is 32.2. The molecule has 2 unspecified atom stereocenters. The van der Waals surface area contributed by atoms with Crippen molar-refractivity contribution < 1.29 is 26.7 Å². The Hall–Kier alpha value is -1.08. The lowest BCUT2D eigenvalue weighted by Gasteiger charge is -2.24. The van der Waals surface area contributed by atoms with E-state index in [0.29, 0.717) is 5.56 Å². The first kappa shape index (κ1) is 17.0. The number of hydrogen-bond acceptors (Lipinski definition) is 3. The number of sulfone groups is 1. The van der Waals surface area contributed by atoms with Crippen LogP contribution >= 0.6 is 0 Å². The smallest absolute Gasteiger partial charge is 0.393 e. The highest BCUT2D eigenvalue weighted by Crippen LogP contribution is 2.33. The molecule has 0 aromatic heterocycles. The monoisotopic (exact) mass is 310 g/mol. The third-order valence-electron chi connectivity index (χ3n) is 3.12. The van der Waals surface area contributed by atoms with Crippen LogP contribution in [-0.4, -0.2) is 25.1 Å². The molecule has 0 radical (unpaired) electrons. The number of aliphatic hydroxyl groups is 1. The van der Waals surface area contributed by atoms with Crippen molar-refractivity contribution in [3.63, 3.8) is 0 Å². The van der Waals surface area contributed by atoms with Gasteiger partial charge in [-0.15, -0.1) is 0 Å². The Kier molecular flexibility index (Phi) is 4.86. The van der Waals surface area contributed by atoms with Crippen molar-refractivity contribution in [2.45, 2.75) is 43.2 Å². The van der Waals surface area contributed by atoms with Gasteiger partial charge < -0.3 is 5.11 Å². The van der Waals surface area contributed by atoms with Crippen LogP contribution in [0.3, 0.4) is 0 Å². The van der Waals surface area contributed by atoms with Crippen molar-refractivity contribution in [3.05, 3.63) is 29.8 Å². The summed E-state index contributed by atoms with van der Waals surface area (Å²) in [5, 5.41) is 9.70. The Labute approximate surface area is 116 Å². The van der Waals surface area contributed by atoms with Gasteiger partial charge in [-0.1, -0.05) is 26.0 Å². The molecule has 0 heterocycles. The SMILES string of the molecule is CC(C)C(c1ccc(S(=O)(=O)C(F)(F)F)cc1)C(C)O. The first-order chi connectivity index (χ1) is 8.98. The molecule has 0 spiro atoms. The fourth-order valence-electron chi connectivity index (χ4n) is 2.22. The van der Waals surface area contributed by atoms with E-state index < -0.39 is 26.3 Å². The van der Waals surface area contributed by atoms with Gasteiger partial charge in [0.2, 0.25) is 0 Å². The van der Waals surface area contributed by atoms with Crippen LogP contribution in [0.5, 0.6) is 0 Å². The number of benzene rings is 1. The highest BCUT2D eigenvalue weighted by molar-refractivity contribution is 7.92. The van der Waals surface area contributed by atoms with Gasteiger partial charge in [0.1, 0.15) is 0 Å². The molecule has 0 amide bonds. The predicted octanol–water partition coefficient (Wildman–Crippen LogP) is 3.10. The van der Waals surface area contributed by atoms with Gasteiger partial charge in [0.25, 0.3) is 9.84 Å². The third kappa shape index (κ3) is 3.32. The van der Waals surface area contributed by atoms with Gasteiger partial charge in [-0.05, 0) is 30.5 Å². The van der Waals surface area contributed by atoms with Crippen molar-refractivity contribution in [2.75, 3.05) is 0 Å². The summed E-state index contributed by atoms with van der Waals surface area (Å²) in [5.74, 6) is -0.197. The second-order valence-electron chi connectivity index (χ2n) is 5.03. The van der Waals surface area contributed by atoms with E-state index in [1.54, 1.807) is 6.92 Å². The molecule has 1 aromatic carbocycles. The summed E-state index contributed by atoms with van der Waals surface area (Å²) >= 11 is 0. The van der Waals surface area contributed by atoms with E-state index in [1.165, 1.54) is 12.1 Å². The lowest BCUT2D eigenvalue weighted by Crippen LogP contribution is -2.23. The van der Waals surface area contributed by atoms with E-state index in [2.05, 4.69) is 0 Å². The zero-order valence-corrected chi connectivity index (χ0v) is 12.2. The Bertz CT molecular complexity index is 537. The van der Waals surface area contributed by atoms with Crippen molar-refractivity contribution in [1.29, 1.82) is 0 Å². The predicted molar refractivity (Wildman–Crippen MR) is 68.9 cm³/mol. The Balaban J connectivity index is 3.18. The fourth-order valence-corrected chi connectivity index (χ4v) is 2.98. The van der Waals surface area contributed by atoms with Crippen LogP contribution in [-0.2, 0) is 9.84 Å². The maximum absolute atomic E-state index is 12.4. The van der Waals surface area contributed by atoms with Crippen LogP contribution in [0.25, 0.3) is 0 Å². The van der Waals surface area contributed by atoms with Gasteiger partial charge in [0.05, 0.1) is 11.0 Å². The van der Waals surface area contributed by atoms with E-state index in [4.69, 9.17) is 0 Å². The van der Waals surface area contributed by atoms with Crippen molar-refractivity contribution >= 4 is 9.84 Å². The molecule has 0 aliphatic heterocycles. The normalized spacial score (nSPS) is 16.2. The summed E-state index contributed by atoms with van der Waals surface area (Å²) in [6.45, 7) is 5.33. The molecule has 0 aliphatic rings. The standard InChI is InChI=1S/C13H17F3O3S/c1-8(2)12(9(3)17)10-4-6-11(7-5-10)20(18,19)13(14,15)16/h4-9,12,17H,1-3H3. The minimum absolute atomic E-state index is 0.0695. The second kappa shape index (κ2) is 5.73. The fraction of sp³-hybridized carbons (Fsp3) is 0.538. The zero-order chi connectivity index (χ0) is 15.7. The first-order valence-electron chi connectivity index (χ1n) is 6.08. The zero-order valence-electron chi connectivity index (χ0n) is 11.3. The van der Waals surface area contributed by atoms with Gasteiger partial charge in [-0.2, -0.15) is 13.2 Å². The Morgan fingerprint density at radius 1 is 1.05 bits per heavy atom. The molecule has 0 saturated heterocycles. The van der Waals surface area contributed by atoms with Gasteiger partial charge >= 0.3 is 5.51 Å². The molecule has 7 heteroatoms. The average Bonchev–Trinajstić information content (AvgIpc) is 2.27. The molecule has 0 fully saturated rings. The lowest BCUT2D eigenvalue weighted by molar-refractivity contribution is -0.0436. The summed E-state index contributed by atoms with van der Waals surface area (Å²) in [7, 11) is -5.32. The average molecular weight is 310 g/mol. The van der Waals surface area contributed by atoms with Crippen LogP contribution in [0, 0.1) is 5.92 Å². The minimum atomic E-state index is -5.32. The van der Waals surface area contributed by atoms with E-state index >= 15 is 0 Å². The summed E-state index contributed by atoms with van der Waals surface area (Å²) in [6.07, 6.45) is -0.680. The van der Waals surface area contributed by atoms with E-state index in [0.717, 1.165) is 12.1 Å². The molecular formula is C13H17F3O3S. The summed E-state index contributed by atoms with van der Waals surface area (Å²) < 4.78 is 59.7. The molecule has 3 nitrogen and oxygen atoms in total. The van der Waals surface area contributed by atoms with Gasteiger partial charge in [0.15, 0.2) is 0 Å². The van der Waals surface area contributed by atoms with Gasteiger partial charge in [-0.3, -0.25) is 0 Å². The maximum atomic E-state index is 12.4. The van der Waals surface area contributed by atoms with E-state index in [-0.39, 0.29) is 11.8 Å². The van der Waals surface area contributed by atoms with Crippen molar-refractivity contribution in [2.24, 2.45) is 5.92 Å². The number of aliphatic hydroxyl groups excluding tert-OH is 1. The summed E-state index contributed by atoms with van der Waals surface area (Å²) in [5.41, 5.74) is -4.70. The maximum Gasteiger partial charge on any atom is 0.501 e. The highest BCUT2D eigenvalue weighted by Gasteiger charge is 2.46. The van der Waals surface area contributed by atoms with Crippen molar-refractivity contribution in [1.82, 2.24) is 0 Å². The second-order valence-corrected chi connectivity index (χ2v) is 6.97. The van der Waals surface area contributed by atoms with Gasteiger partial charge in [0, 0.05) is 5.92 Å². The first-order valence-corrected chi connectivity index (χ1v) is 7.56. The Morgan fingerprint density at radius 2 is 1.50 bits per heavy atom. The van der Waals surface area contributed by atoms with Crippen LogP contribution in [0.4, 0.5) is 13.2 Å². The number of hydrogen-bond donors (Lipinski definition) is 1. The van der Waals surface area contributed by atoms with Crippen molar-refractivity contribution in [3.8, 4) is 0 Å². The molecule has 0 saturated carbocycles. The number of halogens is 3. The largest absolute Gasteiger partial charge is 0.501 e. The molecule has 1 N–H and O–H groups in total. The van der Waals surface area contributed by atoms with E-state index in [9.17, 15) is 26.7 Å². The molecule has 0 aliphatic carbocycles. The molecule has 0 bridgehead atoms. The van der Waals surface area contributed by atoms with Crippen LogP contribution in [0.1, 0.15) is 32.3 Å². The van der Waals surface area contributed by atoms with Crippen LogP contribution in [0.15, 0.2) is 29.2 Å². The Morgan fingerprint density at radius 3 is 1.80 bits per heavy atom. The van der Waals surface area contributed by atoms with Crippen LogP contribution < -0.4 is 0 Å². The lowest BCUT2D eigenvalue weighted by atomic mass is 9.85. The molecule has 114 valence electrons. The topological polar surface area (TPSA) is 54.4 Å². The van der Waals surface area contributed by atoms with E-state index in [1.807, 2.05) is 13.8 Å². The number of rotatable bonds is 4. The number of alkyl halides is 3. The third-order valence-corrected chi connectivity index (χ3v) is 4.62. The van der Waals surface area contributed by atoms with Gasteiger partial charge in [-0.25, -0.2) is 8.42 Å². The quantitative estimate of drug-likeness (QED) is 0.929. The molecule has 20 heavy (non-hydrogen) atoms.